The number of carbonyl (C=O) groups excluding carboxylic acids is 2. The number of ether oxygens (including phenoxy) is 1. The van der Waals surface area contributed by atoms with E-state index in [1.807, 2.05) is 0 Å². The van der Waals surface area contributed by atoms with Crippen molar-refractivity contribution >= 4 is 28.5 Å². The molecule has 1 heterocycles. The number of hydrogen-bond acceptors (Lipinski definition) is 4. The van der Waals surface area contributed by atoms with E-state index < -0.39 is 17.4 Å². The molecule has 108 valence electrons. The first-order valence-corrected chi connectivity index (χ1v) is 6.81. The second kappa shape index (κ2) is 5.78. The molecule has 0 N–H and O–H groups in total. The lowest BCUT2D eigenvalue weighted by Gasteiger charge is -2.17. The van der Waals surface area contributed by atoms with Crippen molar-refractivity contribution in [1.29, 1.82) is 0 Å². The Bertz CT molecular complexity index is 542. The van der Waals surface area contributed by atoms with Crippen LogP contribution >= 0.6 is 11.8 Å². The number of nitrogens with zero attached hydrogens (tertiary/aromatic N) is 1. The highest BCUT2D eigenvalue weighted by atomic mass is 32.2. The number of methoxy groups -OCH3 is 1. The van der Waals surface area contributed by atoms with Gasteiger partial charge in [0.1, 0.15) is 0 Å². The van der Waals surface area contributed by atoms with Gasteiger partial charge in [0, 0.05) is 43.0 Å². The van der Waals surface area contributed by atoms with Gasteiger partial charge in [0.05, 0.1) is 7.11 Å². The van der Waals surface area contributed by atoms with Gasteiger partial charge in [0.25, 0.3) is 0 Å². The molecule has 1 unspecified atom stereocenters. The zero-order valence-corrected chi connectivity index (χ0v) is 11.8. The molecule has 1 aliphatic rings. The summed E-state index contributed by atoms with van der Waals surface area (Å²) in [6.07, 6.45) is 0.180. The van der Waals surface area contributed by atoms with E-state index in [-0.39, 0.29) is 34.9 Å². The van der Waals surface area contributed by atoms with Crippen LogP contribution in [0.3, 0.4) is 0 Å². The number of amides is 1. The number of carbonyl (C=O) groups is 2. The second-order valence-corrected chi connectivity index (χ2v) is 5.86. The molecule has 2 rings (SSSR count). The average Bonchev–Trinajstić information content (AvgIpc) is 2.68. The molecule has 0 bridgehead atoms. The minimum atomic E-state index is -0.863. The highest BCUT2D eigenvalue weighted by Gasteiger charge is 2.32. The Morgan fingerprint density at radius 3 is 2.50 bits per heavy atom. The zero-order chi connectivity index (χ0) is 14.9. The van der Waals surface area contributed by atoms with E-state index in [1.165, 1.54) is 18.9 Å². The van der Waals surface area contributed by atoms with Crippen molar-refractivity contribution in [3.63, 3.8) is 0 Å². The van der Waals surface area contributed by atoms with Gasteiger partial charge >= 0.3 is 0 Å². The second-order valence-electron chi connectivity index (χ2n) is 4.38. The third-order valence-corrected chi connectivity index (χ3v) is 3.90. The summed E-state index contributed by atoms with van der Waals surface area (Å²) in [5, 5.41) is -0.273. The van der Waals surface area contributed by atoms with Gasteiger partial charge < -0.3 is 9.64 Å². The van der Waals surface area contributed by atoms with E-state index >= 15 is 0 Å². The lowest BCUT2D eigenvalue weighted by Crippen LogP contribution is -2.25. The average molecular weight is 301 g/mol. The minimum absolute atomic E-state index is 0.0863. The quantitative estimate of drug-likeness (QED) is 0.860. The summed E-state index contributed by atoms with van der Waals surface area (Å²) < 4.78 is 31.9. The topological polar surface area (TPSA) is 46.6 Å². The van der Waals surface area contributed by atoms with Crippen LogP contribution in [0.5, 0.6) is 5.75 Å². The Labute approximate surface area is 119 Å². The molecule has 1 amide bonds. The van der Waals surface area contributed by atoms with Crippen LogP contribution in [0.15, 0.2) is 12.1 Å². The van der Waals surface area contributed by atoms with Crippen LogP contribution in [0, 0.1) is 11.6 Å². The van der Waals surface area contributed by atoms with Crippen LogP contribution in [-0.2, 0) is 9.59 Å². The molecule has 1 aromatic carbocycles. The van der Waals surface area contributed by atoms with Crippen molar-refractivity contribution in [2.45, 2.75) is 18.6 Å². The summed E-state index contributed by atoms with van der Waals surface area (Å²) in [5.41, 5.74) is 0.137. The predicted molar refractivity (Wildman–Crippen MR) is 71.9 cm³/mol. The molecule has 0 saturated carbocycles. The van der Waals surface area contributed by atoms with Gasteiger partial charge in [-0.2, -0.15) is 0 Å². The molecule has 0 aliphatic carbocycles. The van der Waals surface area contributed by atoms with E-state index in [2.05, 4.69) is 4.74 Å². The molecule has 0 spiro atoms. The third kappa shape index (κ3) is 2.92. The van der Waals surface area contributed by atoms with Crippen molar-refractivity contribution in [3.8, 4) is 5.75 Å². The van der Waals surface area contributed by atoms with Gasteiger partial charge in [-0.15, -0.1) is 0 Å². The van der Waals surface area contributed by atoms with Crippen LogP contribution < -0.4 is 9.64 Å². The lowest BCUT2D eigenvalue weighted by molar-refractivity contribution is -0.117. The molecule has 0 aromatic heterocycles. The molecule has 0 radical (unpaired) electrons. The van der Waals surface area contributed by atoms with E-state index in [9.17, 15) is 18.4 Å². The SMILES string of the molecule is COc1c(F)cc(N2CC(SC(C)=O)CC2=O)cc1F. The molecule has 20 heavy (non-hydrogen) atoms. The first-order valence-electron chi connectivity index (χ1n) is 5.93. The smallest absolute Gasteiger partial charge is 0.228 e. The van der Waals surface area contributed by atoms with Crippen LogP contribution in [0.25, 0.3) is 0 Å². The Hall–Kier alpha value is -1.63. The fourth-order valence-corrected chi connectivity index (χ4v) is 3.05. The molecule has 1 aliphatic heterocycles. The van der Waals surface area contributed by atoms with Gasteiger partial charge in [-0.3, -0.25) is 9.59 Å². The standard InChI is InChI=1S/C13H13F2NO3S/c1-7(17)20-9-5-12(18)16(6-9)8-3-10(14)13(19-2)11(15)4-8/h3-4,9H,5-6H2,1-2H3. The largest absolute Gasteiger partial charge is 0.491 e. The van der Waals surface area contributed by atoms with Crippen molar-refractivity contribution in [3.05, 3.63) is 23.8 Å². The molecule has 1 fully saturated rings. The third-order valence-electron chi connectivity index (χ3n) is 2.92. The maximum atomic E-state index is 13.6. The maximum Gasteiger partial charge on any atom is 0.228 e. The normalized spacial score (nSPS) is 18.5. The van der Waals surface area contributed by atoms with Crippen LogP contribution in [-0.4, -0.2) is 29.9 Å². The monoisotopic (exact) mass is 301 g/mol. The summed E-state index contributed by atoms with van der Waals surface area (Å²) in [6, 6.07) is 2.11. The van der Waals surface area contributed by atoms with Crippen molar-refractivity contribution < 1.29 is 23.1 Å². The molecule has 1 aromatic rings. The summed E-state index contributed by atoms with van der Waals surface area (Å²) >= 11 is 1.07. The Balaban J connectivity index is 2.24. The molecular weight excluding hydrogens is 288 g/mol. The summed E-state index contributed by atoms with van der Waals surface area (Å²) in [4.78, 5) is 24.2. The number of anilines is 1. The molecule has 1 atom stereocenters. The fourth-order valence-electron chi connectivity index (χ4n) is 2.14. The summed E-state index contributed by atoms with van der Waals surface area (Å²) in [7, 11) is 1.17. The first-order chi connectivity index (χ1) is 9.42. The van der Waals surface area contributed by atoms with Crippen LogP contribution in [0.4, 0.5) is 14.5 Å². The van der Waals surface area contributed by atoms with Gasteiger partial charge in [0.2, 0.25) is 5.91 Å². The van der Waals surface area contributed by atoms with E-state index in [4.69, 9.17) is 0 Å². The van der Waals surface area contributed by atoms with E-state index in [0.717, 1.165) is 23.9 Å². The van der Waals surface area contributed by atoms with Gasteiger partial charge in [-0.25, -0.2) is 8.78 Å². The Morgan fingerprint density at radius 1 is 1.40 bits per heavy atom. The minimum Gasteiger partial charge on any atom is -0.491 e. The number of hydrogen-bond donors (Lipinski definition) is 0. The van der Waals surface area contributed by atoms with Gasteiger partial charge in [-0.05, 0) is 0 Å². The number of rotatable bonds is 3. The number of thioether (sulfide) groups is 1. The Kier molecular flexibility index (Phi) is 4.27. The van der Waals surface area contributed by atoms with Crippen LogP contribution in [0.1, 0.15) is 13.3 Å². The molecular formula is C13H13F2NO3S. The van der Waals surface area contributed by atoms with Crippen LogP contribution in [0.2, 0.25) is 0 Å². The fraction of sp³-hybridized carbons (Fsp3) is 0.385. The van der Waals surface area contributed by atoms with Gasteiger partial charge in [-0.1, -0.05) is 11.8 Å². The summed E-state index contributed by atoms with van der Waals surface area (Å²) in [6.45, 7) is 1.68. The Morgan fingerprint density at radius 2 is 2.00 bits per heavy atom. The van der Waals surface area contributed by atoms with Gasteiger partial charge in [0.15, 0.2) is 22.5 Å². The predicted octanol–water partition coefficient (Wildman–Crippen LogP) is 2.36. The number of benzene rings is 1. The summed E-state index contributed by atoms with van der Waals surface area (Å²) in [5.74, 6) is -2.46. The van der Waals surface area contributed by atoms with E-state index in [0.29, 0.717) is 0 Å². The maximum absolute atomic E-state index is 13.6. The highest BCUT2D eigenvalue weighted by Crippen LogP contribution is 2.32. The molecule has 4 nitrogen and oxygen atoms in total. The van der Waals surface area contributed by atoms with Crippen molar-refractivity contribution in [1.82, 2.24) is 0 Å². The zero-order valence-electron chi connectivity index (χ0n) is 11.0. The highest BCUT2D eigenvalue weighted by molar-refractivity contribution is 8.14. The molecule has 1 saturated heterocycles. The van der Waals surface area contributed by atoms with Crippen molar-refractivity contribution in [2.24, 2.45) is 0 Å². The number of halogens is 2. The lowest BCUT2D eigenvalue weighted by atomic mass is 10.2. The van der Waals surface area contributed by atoms with Crippen molar-refractivity contribution in [2.75, 3.05) is 18.6 Å². The first kappa shape index (κ1) is 14.8. The van der Waals surface area contributed by atoms with E-state index in [1.54, 1.807) is 0 Å². The molecule has 7 heteroatoms.